The van der Waals surface area contributed by atoms with Gasteiger partial charge in [0.05, 0.1) is 6.54 Å². The van der Waals surface area contributed by atoms with Gasteiger partial charge in [-0.05, 0) is 34.7 Å². The van der Waals surface area contributed by atoms with E-state index in [0.29, 0.717) is 13.1 Å². The van der Waals surface area contributed by atoms with Crippen molar-refractivity contribution in [2.75, 3.05) is 33.2 Å². The number of nitrogens with zero attached hydrogens (tertiary/aromatic N) is 2. The molecule has 0 heterocycles. The van der Waals surface area contributed by atoms with Crippen LogP contribution in [0.25, 0.3) is 0 Å². The van der Waals surface area contributed by atoms with E-state index in [0.717, 1.165) is 13.1 Å². The molecule has 0 atom stereocenters. The molecule has 0 fully saturated rings. The van der Waals surface area contributed by atoms with E-state index < -0.39 is 0 Å². The molecule has 0 saturated carbocycles. The Bertz CT molecular complexity index is 200. The molecule has 0 unspecified atom stereocenters. The monoisotopic (exact) mass is 215 g/mol. The van der Waals surface area contributed by atoms with Gasteiger partial charge in [0.2, 0.25) is 5.91 Å². The van der Waals surface area contributed by atoms with E-state index in [9.17, 15) is 4.79 Å². The van der Waals surface area contributed by atoms with Crippen LogP contribution >= 0.6 is 0 Å². The minimum absolute atomic E-state index is 0.122. The Morgan fingerprint density at radius 1 is 1.27 bits per heavy atom. The zero-order chi connectivity index (χ0) is 12.1. The van der Waals surface area contributed by atoms with E-state index in [1.165, 1.54) is 0 Å². The number of carbonyl (C=O) groups is 1. The van der Waals surface area contributed by atoms with Gasteiger partial charge in [-0.25, -0.2) is 0 Å². The molecule has 2 N–H and O–H groups in total. The number of nitrogens with two attached hydrogens (primary N) is 1. The highest BCUT2D eigenvalue weighted by atomic mass is 16.2. The van der Waals surface area contributed by atoms with Gasteiger partial charge >= 0.3 is 0 Å². The predicted molar refractivity (Wildman–Crippen MR) is 63.7 cm³/mol. The fourth-order valence-corrected chi connectivity index (χ4v) is 1.25. The molecule has 90 valence electrons. The van der Waals surface area contributed by atoms with Gasteiger partial charge in [0.1, 0.15) is 0 Å². The van der Waals surface area contributed by atoms with Gasteiger partial charge in [-0.15, -0.1) is 0 Å². The third-order valence-electron chi connectivity index (χ3n) is 3.02. The van der Waals surface area contributed by atoms with Gasteiger partial charge in [-0.3, -0.25) is 9.69 Å². The third-order valence-corrected chi connectivity index (χ3v) is 3.02. The zero-order valence-electron chi connectivity index (χ0n) is 10.7. The number of amides is 1. The van der Waals surface area contributed by atoms with Crippen molar-refractivity contribution < 1.29 is 4.79 Å². The maximum Gasteiger partial charge on any atom is 0.236 e. The highest BCUT2D eigenvalue weighted by Gasteiger charge is 2.24. The zero-order valence-corrected chi connectivity index (χ0v) is 10.7. The van der Waals surface area contributed by atoms with E-state index in [-0.39, 0.29) is 11.4 Å². The van der Waals surface area contributed by atoms with Crippen molar-refractivity contribution in [3.8, 4) is 0 Å². The fourth-order valence-electron chi connectivity index (χ4n) is 1.25. The second-order valence-corrected chi connectivity index (χ2v) is 4.44. The minimum Gasteiger partial charge on any atom is -0.342 e. The lowest BCUT2D eigenvalue weighted by molar-refractivity contribution is -0.132. The van der Waals surface area contributed by atoms with Gasteiger partial charge in [-0.1, -0.05) is 0 Å². The average Bonchev–Trinajstić information content (AvgIpc) is 2.19. The van der Waals surface area contributed by atoms with Gasteiger partial charge in [0, 0.05) is 25.2 Å². The van der Waals surface area contributed by atoms with E-state index >= 15 is 0 Å². The van der Waals surface area contributed by atoms with Crippen molar-refractivity contribution >= 4 is 5.91 Å². The number of carbonyl (C=O) groups excluding carboxylic acids is 1. The molecule has 0 aliphatic heterocycles. The van der Waals surface area contributed by atoms with E-state index in [4.69, 9.17) is 5.73 Å². The molecule has 0 aromatic heterocycles. The molecule has 0 aliphatic carbocycles. The normalized spacial score (nSPS) is 11.9. The van der Waals surface area contributed by atoms with Crippen LogP contribution in [0.1, 0.15) is 27.7 Å². The van der Waals surface area contributed by atoms with E-state index in [2.05, 4.69) is 0 Å². The molecular weight excluding hydrogens is 190 g/mol. The standard InChI is InChI=1S/C11H25N3O/c1-6-14(7-2)10(15)8-13(5)11(3,4)9-12/h6-9,12H2,1-5H3. The van der Waals surface area contributed by atoms with Crippen molar-refractivity contribution in [3.05, 3.63) is 0 Å². The van der Waals surface area contributed by atoms with E-state index in [1.54, 1.807) is 0 Å². The summed E-state index contributed by atoms with van der Waals surface area (Å²) < 4.78 is 0. The fraction of sp³-hybridized carbons (Fsp3) is 0.909. The molecule has 1 amide bonds. The maximum absolute atomic E-state index is 11.8. The first-order valence-corrected chi connectivity index (χ1v) is 5.58. The summed E-state index contributed by atoms with van der Waals surface area (Å²) in [5.41, 5.74) is 5.54. The second-order valence-electron chi connectivity index (χ2n) is 4.44. The summed E-state index contributed by atoms with van der Waals surface area (Å²) in [5, 5.41) is 0. The Kier molecular flexibility index (Phi) is 5.83. The van der Waals surface area contributed by atoms with Gasteiger partial charge in [-0.2, -0.15) is 0 Å². The molecule has 0 aromatic rings. The van der Waals surface area contributed by atoms with Crippen molar-refractivity contribution in [1.82, 2.24) is 9.80 Å². The molecule has 0 aliphatic rings. The first kappa shape index (κ1) is 14.4. The summed E-state index contributed by atoms with van der Waals surface area (Å²) in [7, 11) is 1.94. The van der Waals surface area contributed by atoms with Crippen LogP contribution in [-0.4, -0.2) is 54.5 Å². The molecule has 0 bridgehead atoms. The Hall–Kier alpha value is -0.610. The Balaban J connectivity index is 4.29. The number of rotatable bonds is 6. The van der Waals surface area contributed by atoms with Crippen LogP contribution in [0.2, 0.25) is 0 Å². The van der Waals surface area contributed by atoms with Crippen LogP contribution < -0.4 is 5.73 Å². The van der Waals surface area contributed by atoms with Gasteiger partial charge in [0.25, 0.3) is 0 Å². The largest absolute Gasteiger partial charge is 0.342 e. The average molecular weight is 215 g/mol. The molecule has 0 radical (unpaired) electrons. The highest BCUT2D eigenvalue weighted by Crippen LogP contribution is 2.09. The van der Waals surface area contributed by atoms with Gasteiger partial charge < -0.3 is 10.6 Å². The van der Waals surface area contributed by atoms with Crippen LogP contribution in [-0.2, 0) is 4.79 Å². The summed E-state index contributed by atoms with van der Waals surface area (Å²) in [6.07, 6.45) is 0. The molecule has 0 rings (SSSR count). The molecular formula is C11H25N3O. The Labute approximate surface area is 93.4 Å². The van der Waals surface area contributed by atoms with Crippen molar-refractivity contribution in [2.24, 2.45) is 5.73 Å². The first-order valence-electron chi connectivity index (χ1n) is 5.58. The molecule has 0 saturated heterocycles. The minimum atomic E-state index is -0.122. The van der Waals surface area contributed by atoms with Gasteiger partial charge in [0.15, 0.2) is 0 Å². The van der Waals surface area contributed by atoms with E-state index in [1.807, 2.05) is 44.5 Å². The topological polar surface area (TPSA) is 49.6 Å². The first-order chi connectivity index (χ1) is 6.88. The maximum atomic E-state index is 11.8. The summed E-state index contributed by atoms with van der Waals surface area (Å²) in [6.45, 7) is 10.6. The van der Waals surface area contributed by atoms with Crippen LogP contribution in [0.5, 0.6) is 0 Å². The van der Waals surface area contributed by atoms with Crippen molar-refractivity contribution in [1.29, 1.82) is 0 Å². The highest BCUT2D eigenvalue weighted by molar-refractivity contribution is 5.78. The lowest BCUT2D eigenvalue weighted by Crippen LogP contribution is -2.51. The third kappa shape index (κ3) is 4.18. The van der Waals surface area contributed by atoms with Crippen LogP contribution in [0.4, 0.5) is 0 Å². The quantitative estimate of drug-likeness (QED) is 0.703. The molecule has 0 aromatic carbocycles. The van der Waals surface area contributed by atoms with Crippen LogP contribution in [0.3, 0.4) is 0 Å². The summed E-state index contributed by atoms with van der Waals surface area (Å²) in [6, 6.07) is 0. The second kappa shape index (κ2) is 6.08. The molecule has 0 spiro atoms. The van der Waals surface area contributed by atoms with Crippen LogP contribution in [0.15, 0.2) is 0 Å². The number of hydrogen-bond donors (Lipinski definition) is 1. The van der Waals surface area contributed by atoms with Crippen molar-refractivity contribution in [3.63, 3.8) is 0 Å². The molecule has 15 heavy (non-hydrogen) atoms. The lowest BCUT2D eigenvalue weighted by atomic mass is 10.0. The Morgan fingerprint density at radius 2 is 1.73 bits per heavy atom. The molecule has 4 heteroatoms. The lowest BCUT2D eigenvalue weighted by Gasteiger charge is -2.35. The van der Waals surface area contributed by atoms with Crippen molar-refractivity contribution in [2.45, 2.75) is 33.2 Å². The Morgan fingerprint density at radius 3 is 2.07 bits per heavy atom. The number of hydrogen-bond acceptors (Lipinski definition) is 3. The molecule has 4 nitrogen and oxygen atoms in total. The summed E-state index contributed by atoms with van der Waals surface area (Å²) in [4.78, 5) is 15.7. The SMILES string of the molecule is CCN(CC)C(=O)CN(C)C(C)(C)CN. The summed E-state index contributed by atoms with van der Waals surface area (Å²) in [5.74, 6) is 0.170. The summed E-state index contributed by atoms with van der Waals surface area (Å²) >= 11 is 0. The number of likely N-dealkylation sites (N-methyl/N-ethyl adjacent to an activating group) is 2. The predicted octanol–water partition coefficient (Wildman–Crippen LogP) is 0.524. The van der Waals surface area contributed by atoms with Crippen LogP contribution in [0, 0.1) is 0 Å². The smallest absolute Gasteiger partial charge is 0.236 e.